The summed E-state index contributed by atoms with van der Waals surface area (Å²) in [5, 5.41) is 0. The van der Waals surface area contributed by atoms with Gasteiger partial charge in [0.1, 0.15) is 11.6 Å². The molecule has 0 amide bonds. The van der Waals surface area contributed by atoms with Gasteiger partial charge in [-0.05, 0) is 36.8 Å². The van der Waals surface area contributed by atoms with Gasteiger partial charge in [-0.1, -0.05) is 19.1 Å². The molecule has 4 heteroatoms. The number of aromatic nitrogens is 2. The van der Waals surface area contributed by atoms with Crippen LogP contribution in [0.5, 0.6) is 0 Å². The van der Waals surface area contributed by atoms with Crippen molar-refractivity contribution in [3.05, 3.63) is 48.3 Å². The highest BCUT2D eigenvalue weighted by Crippen LogP contribution is 2.28. The molecule has 2 aromatic carbocycles. The molecule has 3 aromatic rings. The first kappa shape index (κ1) is 12.7. The van der Waals surface area contributed by atoms with Crippen molar-refractivity contribution in [3.63, 3.8) is 0 Å². The van der Waals surface area contributed by atoms with Crippen molar-refractivity contribution in [3.8, 4) is 11.4 Å². The zero-order valence-electron chi connectivity index (χ0n) is 11.3. The summed E-state index contributed by atoms with van der Waals surface area (Å²) >= 11 is 0. The van der Waals surface area contributed by atoms with E-state index in [-0.39, 0.29) is 5.82 Å². The highest BCUT2D eigenvalue weighted by atomic mass is 19.1. The topological polar surface area (TPSA) is 43.8 Å². The number of hydrogen-bond acceptors (Lipinski definition) is 2. The number of anilines is 1. The van der Waals surface area contributed by atoms with Crippen LogP contribution in [0.1, 0.15) is 13.3 Å². The second-order valence-electron chi connectivity index (χ2n) is 4.82. The second kappa shape index (κ2) is 4.96. The fourth-order valence-electron chi connectivity index (χ4n) is 2.44. The molecule has 0 fully saturated rings. The van der Waals surface area contributed by atoms with Crippen LogP contribution in [-0.4, -0.2) is 9.55 Å². The number of para-hydroxylation sites is 2. The third-order valence-electron chi connectivity index (χ3n) is 3.34. The van der Waals surface area contributed by atoms with E-state index in [9.17, 15) is 4.39 Å². The van der Waals surface area contributed by atoms with Crippen LogP contribution in [-0.2, 0) is 6.54 Å². The van der Waals surface area contributed by atoms with Crippen LogP contribution in [0, 0.1) is 5.82 Å². The molecule has 1 heterocycles. The number of aryl methyl sites for hydroxylation is 1. The van der Waals surface area contributed by atoms with Crippen LogP contribution in [0.15, 0.2) is 42.5 Å². The maximum absolute atomic E-state index is 14.2. The van der Waals surface area contributed by atoms with Gasteiger partial charge in [0.15, 0.2) is 0 Å². The predicted octanol–water partition coefficient (Wildman–Crippen LogP) is 3.83. The SMILES string of the molecule is CCCn1c(-c2ccc(N)cc2F)nc2ccccc21. The van der Waals surface area contributed by atoms with Crippen molar-refractivity contribution in [2.24, 2.45) is 0 Å². The van der Waals surface area contributed by atoms with Gasteiger partial charge in [0.05, 0.1) is 16.6 Å². The summed E-state index contributed by atoms with van der Waals surface area (Å²) in [6, 6.07) is 12.6. The molecule has 0 unspecified atom stereocenters. The Balaban J connectivity index is 2.26. The minimum atomic E-state index is -0.336. The fourth-order valence-corrected chi connectivity index (χ4v) is 2.44. The van der Waals surface area contributed by atoms with Crippen LogP contribution in [0.25, 0.3) is 22.4 Å². The smallest absolute Gasteiger partial charge is 0.144 e. The molecule has 0 aliphatic carbocycles. The lowest BCUT2D eigenvalue weighted by Crippen LogP contribution is -2.01. The third kappa shape index (κ3) is 2.03. The van der Waals surface area contributed by atoms with Gasteiger partial charge in [-0.2, -0.15) is 0 Å². The largest absolute Gasteiger partial charge is 0.399 e. The first-order valence-electron chi connectivity index (χ1n) is 6.71. The van der Waals surface area contributed by atoms with E-state index < -0.39 is 0 Å². The van der Waals surface area contributed by atoms with Crippen LogP contribution in [0.3, 0.4) is 0 Å². The lowest BCUT2D eigenvalue weighted by molar-refractivity contribution is 0.626. The Morgan fingerprint density at radius 1 is 1.20 bits per heavy atom. The van der Waals surface area contributed by atoms with Gasteiger partial charge in [0, 0.05) is 12.2 Å². The normalized spacial score (nSPS) is 11.1. The zero-order chi connectivity index (χ0) is 14.1. The number of nitrogens with zero attached hydrogens (tertiary/aromatic N) is 2. The van der Waals surface area contributed by atoms with Gasteiger partial charge in [0.2, 0.25) is 0 Å². The molecule has 0 aliphatic rings. The zero-order valence-corrected chi connectivity index (χ0v) is 11.3. The molecular formula is C16H16FN3. The molecule has 0 saturated carbocycles. The summed E-state index contributed by atoms with van der Waals surface area (Å²) in [4.78, 5) is 4.57. The molecule has 0 saturated heterocycles. The number of rotatable bonds is 3. The van der Waals surface area contributed by atoms with E-state index >= 15 is 0 Å². The van der Waals surface area contributed by atoms with E-state index in [4.69, 9.17) is 5.73 Å². The Morgan fingerprint density at radius 2 is 2.00 bits per heavy atom. The summed E-state index contributed by atoms with van der Waals surface area (Å²) in [5.74, 6) is 0.322. The number of fused-ring (bicyclic) bond motifs is 1. The van der Waals surface area contributed by atoms with Gasteiger partial charge in [-0.3, -0.25) is 0 Å². The third-order valence-corrected chi connectivity index (χ3v) is 3.34. The number of nitrogens with two attached hydrogens (primary N) is 1. The van der Waals surface area contributed by atoms with Crippen molar-refractivity contribution in [1.29, 1.82) is 0 Å². The summed E-state index contributed by atoms with van der Waals surface area (Å²) in [6.45, 7) is 2.90. The van der Waals surface area contributed by atoms with Crippen molar-refractivity contribution >= 4 is 16.7 Å². The molecular weight excluding hydrogens is 253 g/mol. The minimum Gasteiger partial charge on any atom is -0.399 e. The summed E-state index contributed by atoms with van der Waals surface area (Å²) < 4.78 is 16.2. The van der Waals surface area contributed by atoms with Gasteiger partial charge in [0.25, 0.3) is 0 Å². The Hall–Kier alpha value is -2.36. The second-order valence-corrected chi connectivity index (χ2v) is 4.82. The molecule has 0 bridgehead atoms. The first-order valence-corrected chi connectivity index (χ1v) is 6.71. The van der Waals surface area contributed by atoms with Crippen molar-refractivity contribution in [1.82, 2.24) is 9.55 Å². The monoisotopic (exact) mass is 269 g/mol. The summed E-state index contributed by atoms with van der Waals surface area (Å²) in [5.41, 5.74) is 8.43. The van der Waals surface area contributed by atoms with Crippen molar-refractivity contribution in [2.45, 2.75) is 19.9 Å². The van der Waals surface area contributed by atoms with E-state index in [1.54, 1.807) is 12.1 Å². The van der Waals surface area contributed by atoms with Gasteiger partial charge in [-0.25, -0.2) is 9.37 Å². The predicted molar refractivity (Wildman–Crippen MR) is 79.8 cm³/mol. The Bertz CT molecular complexity index is 762. The average molecular weight is 269 g/mol. The number of halogens is 1. The van der Waals surface area contributed by atoms with Gasteiger partial charge in [-0.15, -0.1) is 0 Å². The minimum absolute atomic E-state index is 0.336. The van der Waals surface area contributed by atoms with Gasteiger partial charge < -0.3 is 10.3 Å². The average Bonchev–Trinajstić information content (AvgIpc) is 2.78. The van der Waals surface area contributed by atoms with Crippen molar-refractivity contribution < 1.29 is 4.39 Å². The first-order chi connectivity index (χ1) is 9.70. The number of nitrogen functional groups attached to an aromatic ring is 1. The van der Waals surface area contributed by atoms with E-state index in [1.807, 2.05) is 24.3 Å². The van der Waals surface area contributed by atoms with Crippen molar-refractivity contribution in [2.75, 3.05) is 5.73 Å². The maximum atomic E-state index is 14.2. The molecule has 2 N–H and O–H groups in total. The van der Waals surface area contributed by atoms with Crippen LogP contribution >= 0.6 is 0 Å². The molecule has 0 spiro atoms. The standard InChI is InChI=1S/C16H16FN3/c1-2-9-20-15-6-4-3-5-14(15)19-16(20)12-8-7-11(18)10-13(12)17/h3-8,10H,2,9,18H2,1H3. The molecule has 0 radical (unpaired) electrons. The van der Waals surface area contributed by atoms with E-state index in [2.05, 4.69) is 16.5 Å². The highest BCUT2D eigenvalue weighted by Gasteiger charge is 2.15. The molecule has 3 rings (SSSR count). The molecule has 0 aliphatic heterocycles. The molecule has 102 valence electrons. The van der Waals surface area contributed by atoms with Crippen LogP contribution in [0.4, 0.5) is 10.1 Å². The van der Waals surface area contributed by atoms with E-state index in [1.165, 1.54) is 6.07 Å². The highest BCUT2D eigenvalue weighted by molar-refractivity contribution is 5.81. The molecule has 3 nitrogen and oxygen atoms in total. The lowest BCUT2D eigenvalue weighted by atomic mass is 10.2. The van der Waals surface area contributed by atoms with Gasteiger partial charge >= 0.3 is 0 Å². The Morgan fingerprint density at radius 3 is 2.75 bits per heavy atom. The fraction of sp³-hybridized carbons (Fsp3) is 0.188. The molecule has 0 atom stereocenters. The van der Waals surface area contributed by atoms with Crippen LogP contribution < -0.4 is 5.73 Å². The number of imidazole rings is 1. The number of benzene rings is 2. The Kier molecular flexibility index (Phi) is 3.14. The molecule has 20 heavy (non-hydrogen) atoms. The van der Waals surface area contributed by atoms with E-state index in [0.717, 1.165) is 24.0 Å². The number of hydrogen-bond donors (Lipinski definition) is 1. The lowest BCUT2D eigenvalue weighted by Gasteiger charge is -2.09. The molecule has 1 aromatic heterocycles. The Labute approximate surface area is 116 Å². The van der Waals surface area contributed by atoms with Crippen LogP contribution in [0.2, 0.25) is 0 Å². The maximum Gasteiger partial charge on any atom is 0.144 e. The summed E-state index contributed by atoms with van der Waals surface area (Å²) in [7, 11) is 0. The summed E-state index contributed by atoms with van der Waals surface area (Å²) in [6.07, 6.45) is 0.962. The van der Waals surface area contributed by atoms with E-state index in [0.29, 0.717) is 17.1 Å². The quantitative estimate of drug-likeness (QED) is 0.734.